The predicted octanol–water partition coefficient (Wildman–Crippen LogP) is 4.86. The van der Waals surface area contributed by atoms with Crippen LogP contribution in [0.4, 0.5) is 0 Å². The molecule has 0 spiro atoms. The second kappa shape index (κ2) is 12.0. The van der Waals surface area contributed by atoms with E-state index >= 15 is 0 Å². The highest BCUT2D eigenvalue weighted by atomic mass is 16.7. The van der Waals surface area contributed by atoms with E-state index in [9.17, 15) is 4.79 Å². The van der Waals surface area contributed by atoms with E-state index in [4.69, 9.17) is 9.47 Å². The number of carbonyl (C=O) groups excluding carboxylic acids is 1. The van der Waals surface area contributed by atoms with Crippen LogP contribution in [0.1, 0.15) is 72.6 Å². The van der Waals surface area contributed by atoms with E-state index in [1.54, 1.807) is 6.92 Å². The van der Waals surface area contributed by atoms with Gasteiger partial charge in [0.05, 0.1) is 6.61 Å². The molecule has 0 aliphatic carbocycles. The van der Waals surface area contributed by atoms with E-state index in [1.807, 2.05) is 0 Å². The van der Waals surface area contributed by atoms with Gasteiger partial charge in [0.2, 0.25) is 6.29 Å². The molecule has 1 atom stereocenters. The summed E-state index contributed by atoms with van der Waals surface area (Å²) in [6.45, 7) is 12.3. The zero-order valence-corrected chi connectivity index (χ0v) is 13.7. The lowest BCUT2D eigenvalue weighted by Gasteiger charge is -2.20. The molecule has 3 heteroatoms. The first-order valence-electron chi connectivity index (χ1n) is 7.95. The summed E-state index contributed by atoms with van der Waals surface area (Å²) in [5.41, 5.74) is 0.418. The Hall–Kier alpha value is -0.830. The van der Waals surface area contributed by atoms with Crippen molar-refractivity contribution in [2.24, 2.45) is 5.92 Å². The standard InChI is InChI=1S/C17H32O3/c1-6-7-8-9-10-11-12-19-16(13-14(2)3)20-17(18)15(4)5/h14,16H,4,6-13H2,1-3,5H3. The smallest absolute Gasteiger partial charge is 0.335 e. The van der Waals surface area contributed by atoms with Gasteiger partial charge < -0.3 is 9.47 Å². The molecule has 0 aliphatic rings. The molecule has 0 bridgehead atoms. The predicted molar refractivity (Wildman–Crippen MR) is 83.5 cm³/mol. The highest BCUT2D eigenvalue weighted by molar-refractivity contribution is 5.86. The number of hydrogen-bond donors (Lipinski definition) is 0. The van der Waals surface area contributed by atoms with E-state index in [0.29, 0.717) is 18.1 Å². The SMILES string of the molecule is C=C(C)C(=O)OC(CC(C)C)OCCCCCCCC. The molecule has 0 heterocycles. The minimum atomic E-state index is -0.435. The van der Waals surface area contributed by atoms with Crippen LogP contribution in [0.2, 0.25) is 0 Å². The number of ether oxygens (including phenoxy) is 2. The molecule has 0 saturated heterocycles. The zero-order valence-electron chi connectivity index (χ0n) is 13.7. The highest BCUT2D eigenvalue weighted by Gasteiger charge is 2.16. The van der Waals surface area contributed by atoms with Crippen LogP contribution in [0.15, 0.2) is 12.2 Å². The first-order chi connectivity index (χ1) is 9.47. The third-order valence-corrected chi connectivity index (χ3v) is 3.05. The lowest BCUT2D eigenvalue weighted by molar-refractivity contribution is -0.177. The molecule has 0 amide bonds. The van der Waals surface area contributed by atoms with Crippen molar-refractivity contribution in [3.63, 3.8) is 0 Å². The molecular formula is C17H32O3. The van der Waals surface area contributed by atoms with Gasteiger partial charge in [-0.1, -0.05) is 59.5 Å². The van der Waals surface area contributed by atoms with Crippen LogP contribution in [0.3, 0.4) is 0 Å². The maximum Gasteiger partial charge on any atom is 0.335 e. The molecule has 118 valence electrons. The summed E-state index contributed by atoms with van der Waals surface area (Å²) in [7, 11) is 0. The van der Waals surface area contributed by atoms with Crippen LogP contribution < -0.4 is 0 Å². The van der Waals surface area contributed by atoms with Gasteiger partial charge in [0.15, 0.2) is 0 Å². The van der Waals surface area contributed by atoms with Gasteiger partial charge in [-0.05, 0) is 19.3 Å². The van der Waals surface area contributed by atoms with E-state index in [-0.39, 0.29) is 5.97 Å². The summed E-state index contributed by atoms with van der Waals surface area (Å²) >= 11 is 0. The van der Waals surface area contributed by atoms with Crippen LogP contribution in [-0.2, 0) is 14.3 Å². The van der Waals surface area contributed by atoms with E-state index in [0.717, 1.165) is 12.8 Å². The van der Waals surface area contributed by atoms with E-state index in [1.165, 1.54) is 32.1 Å². The molecule has 20 heavy (non-hydrogen) atoms. The third-order valence-electron chi connectivity index (χ3n) is 3.05. The van der Waals surface area contributed by atoms with Gasteiger partial charge in [-0.2, -0.15) is 0 Å². The van der Waals surface area contributed by atoms with E-state index < -0.39 is 6.29 Å². The Morgan fingerprint density at radius 3 is 2.25 bits per heavy atom. The second-order valence-corrected chi connectivity index (χ2v) is 5.88. The molecule has 3 nitrogen and oxygen atoms in total. The monoisotopic (exact) mass is 284 g/mol. The van der Waals surface area contributed by atoms with Crippen molar-refractivity contribution in [1.29, 1.82) is 0 Å². The van der Waals surface area contributed by atoms with Gasteiger partial charge in [0.25, 0.3) is 0 Å². The Kier molecular flexibility index (Phi) is 11.5. The molecule has 0 N–H and O–H groups in total. The van der Waals surface area contributed by atoms with Crippen molar-refractivity contribution >= 4 is 5.97 Å². The molecule has 0 saturated carbocycles. The topological polar surface area (TPSA) is 35.5 Å². The Morgan fingerprint density at radius 2 is 1.70 bits per heavy atom. The average Bonchev–Trinajstić information content (AvgIpc) is 2.36. The van der Waals surface area contributed by atoms with Crippen molar-refractivity contribution < 1.29 is 14.3 Å². The largest absolute Gasteiger partial charge is 0.432 e. The molecule has 0 radical (unpaired) electrons. The van der Waals surface area contributed by atoms with Gasteiger partial charge in [0, 0.05) is 12.0 Å². The normalized spacial score (nSPS) is 12.4. The first kappa shape index (κ1) is 19.2. The van der Waals surface area contributed by atoms with Crippen LogP contribution in [0.25, 0.3) is 0 Å². The van der Waals surface area contributed by atoms with E-state index in [2.05, 4.69) is 27.4 Å². The summed E-state index contributed by atoms with van der Waals surface area (Å²) in [6.07, 6.45) is 7.65. The summed E-state index contributed by atoms with van der Waals surface area (Å²) < 4.78 is 11.0. The molecule has 0 aromatic rings. The molecule has 0 rings (SSSR count). The zero-order chi connectivity index (χ0) is 15.4. The van der Waals surface area contributed by atoms with Crippen molar-refractivity contribution in [2.45, 2.75) is 78.9 Å². The quantitative estimate of drug-likeness (QED) is 0.222. The Labute approximate surface area is 124 Å². The second-order valence-electron chi connectivity index (χ2n) is 5.88. The van der Waals surface area contributed by atoms with Crippen molar-refractivity contribution in [3.8, 4) is 0 Å². The van der Waals surface area contributed by atoms with Gasteiger partial charge in [-0.3, -0.25) is 0 Å². The van der Waals surface area contributed by atoms with Crippen LogP contribution >= 0.6 is 0 Å². The Bertz CT molecular complexity index is 271. The third kappa shape index (κ3) is 11.0. The maximum atomic E-state index is 11.5. The summed E-state index contributed by atoms with van der Waals surface area (Å²) in [5.74, 6) is 0.0704. The van der Waals surface area contributed by atoms with Gasteiger partial charge >= 0.3 is 5.97 Å². The highest BCUT2D eigenvalue weighted by Crippen LogP contribution is 2.13. The van der Waals surface area contributed by atoms with Gasteiger partial charge in [-0.25, -0.2) is 4.79 Å². The fourth-order valence-electron chi connectivity index (χ4n) is 1.85. The van der Waals surface area contributed by atoms with Crippen molar-refractivity contribution in [3.05, 3.63) is 12.2 Å². The minimum absolute atomic E-state index is 0.362. The number of rotatable bonds is 12. The fraction of sp³-hybridized carbons (Fsp3) is 0.824. The number of hydrogen-bond acceptors (Lipinski definition) is 3. The Morgan fingerprint density at radius 1 is 1.10 bits per heavy atom. The van der Waals surface area contributed by atoms with Crippen LogP contribution in [0.5, 0.6) is 0 Å². The summed E-state index contributed by atoms with van der Waals surface area (Å²) in [5, 5.41) is 0. The van der Waals surface area contributed by atoms with Gasteiger partial charge in [-0.15, -0.1) is 0 Å². The number of unbranched alkanes of at least 4 members (excludes halogenated alkanes) is 5. The lowest BCUT2D eigenvalue weighted by Crippen LogP contribution is -2.24. The summed E-state index contributed by atoms with van der Waals surface area (Å²) in [6, 6.07) is 0. The lowest BCUT2D eigenvalue weighted by atomic mass is 10.1. The minimum Gasteiger partial charge on any atom is -0.432 e. The van der Waals surface area contributed by atoms with Crippen LogP contribution in [0, 0.1) is 5.92 Å². The molecule has 0 aliphatic heterocycles. The average molecular weight is 284 g/mol. The van der Waals surface area contributed by atoms with Crippen molar-refractivity contribution in [1.82, 2.24) is 0 Å². The number of carbonyl (C=O) groups is 1. The van der Waals surface area contributed by atoms with Crippen LogP contribution in [-0.4, -0.2) is 18.9 Å². The molecule has 0 aromatic carbocycles. The Balaban J connectivity index is 3.87. The first-order valence-corrected chi connectivity index (χ1v) is 7.95. The number of esters is 1. The molecule has 0 fully saturated rings. The molecule has 0 aromatic heterocycles. The summed E-state index contributed by atoms with van der Waals surface area (Å²) in [4.78, 5) is 11.5. The maximum absolute atomic E-state index is 11.5. The fourth-order valence-corrected chi connectivity index (χ4v) is 1.85. The molecule has 1 unspecified atom stereocenters. The molecular weight excluding hydrogens is 252 g/mol. The van der Waals surface area contributed by atoms with Gasteiger partial charge in [0.1, 0.15) is 0 Å². The van der Waals surface area contributed by atoms with Crippen molar-refractivity contribution in [2.75, 3.05) is 6.61 Å².